The second-order valence-electron chi connectivity index (χ2n) is 4.00. The van der Waals surface area contributed by atoms with Crippen LogP contribution in [0.2, 0.25) is 0 Å². The number of anilines is 1. The summed E-state index contributed by atoms with van der Waals surface area (Å²) in [5.41, 5.74) is 1.83. The molecule has 0 aliphatic carbocycles. The average Bonchev–Trinajstić information content (AvgIpc) is 2.50. The van der Waals surface area contributed by atoms with Gasteiger partial charge < -0.3 is 15.4 Å². The minimum Gasteiger partial charge on any atom is -0.469 e. The predicted molar refractivity (Wildman–Crippen MR) is 70.0 cm³/mol. The SMILES string of the molecule is COC(=O)C[C@@H]1Nc2ccc(Br)cc2CNC1=O. The highest BCUT2D eigenvalue weighted by Gasteiger charge is 2.25. The molecule has 1 atom stereocenters. The molecule has 0 spiro atoms. The van der Waals surface area contributed by atoms with Gasteiger partial charge in [0.05, 0.1) is 13.5 Å². The number of esters is 1. The van der Waals surface area contributed by atoms with E-state index >= 15 is 0 Å². The van der Waals surface area contributed by atoms with E-state index in [-0.39, 0.29) is 12.3 Å². The standard InChI is InChI=1S/C12H13BrN2O3/c1-18-11(16)5-10-12(17)14-6-7-4-8(13)2-3-9(7)15-10/h2-4,10,15H,5-6H2,1H3,(H,14,17)/t10-/m0/s1. The highest BCUT2D eigenvalue weighted by atomic mass is 79.9. The Morgan fingerprint density at radius 1 is 1.56 bits per heavy atom. The fraction of sp³-hybridized carbons (Fsp3) is 0.333. The van der Waals surface area contributed by atoms with Crippen molar-refractivity contribution < 1.29 is 14.3 Å². The molecule has 0 aromatic heterocycles. The molecule has 1 aromatic rings. The molecular weight excluding hydrogens is 300 g/mol. The Hall–Kier alpha value is -1.56. The molecule has 1 aliphatic rings. The molecule has 0 fully saturated rings. The fourth-order valence-electron chi connectivity index (χ4n) is 1.80. The predicted octanol–water partition coefficient (Wildman–Crippen LogP) is 1.42. The van der Waals surface area contributed by atoms with Crippen molar-refractivity contribution in [1.29, 1.82) is 0 Å². The van der Waals surface area contributed by atoms with Crippen LogP contribution in [0.5, 0.6) is 0 Å². The number of hydrogen-bond donors (Lipinski definition) is 2. The number of benzene rings is 1. The molecule has 1 amide bonds. The summed E-state index contributed by atoms with van der Waals surface area (Å²) in [6.07, 6.45) is 0.0117. The van der Waals surface area contributed by atoms with Gasteiger partial charge in [0, 0.05) is 16.7 Å². The number of fused-ring (bicyclic) bond motifs is 1. The Morgan fingerprint density at radius 3 is 3.06 bits per heavy atom. The van der Waals surface area contributed by atoms with Gasteiger partial charge in [0.15, 0.2) is 0 Å². The number of rotatable bonds is 2. The minimum absolute atomic E-state index is 0.0117. The van der Waals surface area contributed by atoms with E-state index in [2.05, 4.69) is 31.3 Å². The molecule has 0 unspecified atom stereocenters. The maximum Gasteiger partial charge on any atom is 0.308 e. The summed E-state index contributed by atoms with van der Waals surface area (Å²) in [4.78, 5) is 23.1. The first-order valence-electron chi connectivity index (χ1n) is 5.49. The number of amides is 1. The first-order valence-corrected chi connectivity index (χ1v) is 6.29. The van der Waals surface area contributed by atoms with Crippen molar-refractivity contribution in [1.82, 2.24) is 5.32 Å². The van der Waals surface area contributed by atoms with Gasteiger partial charge in [-0.3, -0.25) is 9.59 Å². The summed E-state index contributed by atoms with van der Waals surface area (Å²) in [5.74, 6) is -0.615. The minimum atomic E-state index is -0.597. The molecule has 0 saturated carbocycles. The van der Waals surface area contributed by atoms with Crippen molar-refractivity contribution in [3.05, 3.63) is 28.2 Å². The Morgan fingerprint density at radius 2 is 2.33 bits per heavy atom. The summed E-state index contributed by atoms with van der Waals surface area (Å²) in [6, 6.07) is 5.10. The van der Waals surface area contributed by atoms with Crippen LogP contribution in [0.25, 0.3) is 0 Å². The number of ether oxygens (including phenoxy) is 1. The molecule has 18 heavy (non-hydrogen) atoms. The van der Waals surface area contributed by atoms with Gasteiger partial charge in [-0.1, -0.05) is 15.9 Å². The average molecular weight is 313 g/mol. The Labute approximate surface area is 113 Å². The second-order valence-corrected chi connectivity index (χ2v) is 4.91. The van der Waals surface area contributed by atoms with E-state index in [1.807, 2.05) is 18.2 Å². The third-order valence-electron chi connectivity index (χ3n) is 2.77. The van der Waals surface area contributed by atoms with Crippen LogP contribution < -0.4 is 10.6 Å². The third-order valence-corrected chi connectivity index (χ3v) is 3.26. The molecule has 0 radical (unpaired) electrons. The lowest BCUT2D eigenvalue weighted by Crippen LogP contribution is -2.38. The molecule has 0 bridgehead atoms. The lowest BCUT2D eigenvalue weighted by molar-refractivity contribution is -0.142. The van der Waals surface area contributed by atoms with Crippen molar-refractivity contribution in [2.45, 2.75) is 19.0 Å². The van der Waals surface area contributed by atoms with Crippen molar-refractivity contribution in [3.8, 4) is 0 Å². The van der Waals surface area contributed by atoms with Gasteiger partial charge >= 0.3 is 5.97 Å². The lowest BCUT2D eigenvalue weighted by Gasteiger charge is -2.15. The smallest absolute Gasteiger partial charge is 0.308 e. The van der Waals surface area contributed by atoms with E-state index in [4.69, 9.17) is 0 Å². The Bertz CT molecular complexity index is 490. The lowest BCUT2D eigenvalue weighted by atomic mass is 10.1. The first kappa shape index (κ1) is 12.9. The third kappa shape index (κ3) is 2.81. The Kier molecular flexibility index (Phi) is 3.86. The topological polar surface area (TPSA) is 67.4 Å². The molecule has 2 N–H and O–H groups in total. The molecule has 1 aliphatic heterocycles. The molecule has 0 saturated heterocycles. The molecule has 1 aromatic carbocycles. The molecule has 6 heteroatoms. The second kappa shape index (κ2) is 5.39. The van der Waals surface area contributed by atoms with Gasteiger partial charge in [0.25, 0.3) is 0 Å². The van der Waals surface area contributed by atoms with Gasteiger partial charge in [0.1, 0.15) is 6.04 Å². The molecule has 96 valence electrons. The summed E-state index contributed by atoms with van der Waals surface area (Å²) in [5, 5.41) is 5.85. The van der Waals surface area contributed by atoms with E-state index in [1.54, 1.807) is 0 Å². The monoisotopic (exact) mass is 312 g/mol. The van der Waals surface area contributed by atoms with E-state index in [0.717, 1.165) is 15.7 Å². The van der Waals surface area contributed by atoms with Crippen LogP contribution in [-0.4, -0.2) is 25.0 Å². The summed E-state index contributed by atoms with van der Waals surface area (Å²) >= 11 is 3.38. The molecule has 5 nitrogen and oxygen atoms in total. The van der Waals surface area contributed by atoms with Gasteiger partial charge in [-0.25, -0.2) is 0 Å². The number of halogens is 1. The van der Waals surface area contributed by atoms with Crippen molar-refractivity contribution in [2.75, 3.05) is 12.4 Å². The maximum absolute atomic E-state index is 11.8. The number of carbonyl (C=O) groups excluding carboxylic acids is 2. The van der Waals surface area contributed by atoms with Gasteiger partial charge in [0.2, 0.25) is 5.91 Å². The van der Waals surface area contributed by atoms with Gasteiger partial charge in [-0.2, -0.15) is 0 Å². The fourth-order valence-corrected chi connectivity index (χ4v) is 2.21. The van der Waals surface area contributed by atoms with Crippen LogP contribution in [0.4, 0.5) is 5.69 Å². The van der Waals surface area contributed by atoms with Gasteiger partial charge in [-0.15, -0.1) is 0 Å². The number of methoxy groups -OCH3 is 1. The normalized spacial score (nSPS) is 18.1. The zero-order chi connectivity index (χ0) is 13.1. The number of nitrogens with one attached hydrogen (secondary N) is 2. The molecule has 2 rings (SSSR count). The maximum atomic E-state index is 11.8. The Balaban J connectivity index is 2.21. The molecular formula is C12H13BrN2O3. The summed E-state index contributed by atoms with van der Waals surface area (Å²) in [7, 11) is 1.31. The number of carbonyl (C=O) groups is 2. The highest BCUT2D eigenvalue weighted by Crippen LogP contribution is 2.24. The zero-order valence-electron chi connectivity index (χ0n) is 9.83. The van der Waals surface area contributed by atoms with E-state index in [0.29, 0.717) is 6.54 Å². The van der Waals surface area contributed by atoms with Crippen LogP contribution in [0.3, 0.4) is 0 Å². The van der Waals surface area contributed by atoms with Crippen molar-refractivity contribution >= 4 is 33.5 Å². The van der Waals surface area contributed by atoms with Crippen LogP contribution in [0.1, 0.15) is 12.0 Å². The van der Waals surface area contributed by atoms with Crippen LogP contribution >= 0.6 is 15.9 Å². The van der Waals surface area contributed by atoms with Crippen LogP contribution in [0, 0.1) is 0 Å². The number of hydrogen-bond acceptors (Lipinski definition) is 4. The van der Waals surface area contributed by atoms with E-state index in [1.165, 1.54) is 7.11 Å². The zero-order valence-corrected chi connectivity index (χ0v) is 11.4. The first-order chi connectivity index (χ1) is 8.60. The van der Waals surface area contributed by atoms with E-state index in [9.17, 15) is 9.59 Å². The largest absolute Gasteiger partial charge is 0.469 e. The highest BCUT2D eigenvalue weighted by molar-refractivity contribution is 9.10. The van der Waals surface area contributed by atoms with Crippen LogP contribution in [0.15, 0.2) is 22.7 Å². The quantitative estimate of drug-likeness (QED) is 0.811. The molecule has 1 heterocycles. The van der Waals surface area contributed by atoms with E-state index < -0.39 is 12.0 Å². The summed E-state index contributed by atoms with van der Waals surface area (Å²) < 4.78 is 5.53. The van der Waals surface area contributed by atoms with Crippen molar-refractivity contribution in [3.63, 3.8) is 0 Å². The summed E-state index contributed by atoms with van der Waals surface area (Å²) in [6.45, 7) is 0.443. The van der Waals surface area contributed by atoms with Crippen LogP contribution in [-0.2, 0) is 20.9 Å². The van der Waals surface area contributed by atoms with Gasteiger partial charge in [-0.05, 0) is 23.8 Å². The van der Waals surface area contributed by atoms with Crippen molar-refractivity contribution in [2.24, 2.45) is 0 Å².